The van der Waals surface area contributed by atoms with E-state index in [0.29, 0.717) is 16.1 Å². The summed E-state index contributed by atoms with van der Waals surface area (Å²) in [4.78, 5) is 23.5. The minimum Gasteiger partial charge on any atom is -0.503 e. The summed E-state index contributed by atoms with van der Waals surface area (Å²) in [5, 5.41) is 15.3. The second kappa shape index (κ2) is 8.74. The Hall–Kier alpha value is -3.08. The number of hydrogen-bond donors (Lipinski definition) is 3. The van der Waals surface area contributed by atoms with Crippen LogP contribution >= 0.6 is 15.9 Å². The van der Waals surface area contributed by atoms with Crippen molar-refractivity contribution in [1.29, 1.82) is 0 Å². The van der Waals surface area contributed by atoms with Gasteiger partial charge < -0.3 is 15.2 Å². The Morgan fingerprint density at radius 3 is 2.57 bits per heavy atom. The van der Waals surface area contributed by atoms with Gasteiger partial charge in [0, 0.05) is 5.69 Å². The number of anilines is 1. The van der Waals surface area contributed by atoms with Gasteiger partial charge >= 0.3 is 18.0 Å². The van der Waals surface area contributed by atoms with Crippen LogP contribution in [-0.4, -0.2) is 30.2 Å². The number of ether oxygens (including phenoxy) is 1. The van der Waals surface area contributed by atoms with E-state index in [-0.39, 0.29) is 17.2 Å². The SMILES string of the molecule is COc1cc(C=NNC(=O)C(=O)Nc2cccc(C(F)(F)F)c2)cc(Br)c1O. The molecule has 0 atom stereocenters. The highest BCUT2D eigenvalue weighted by Gasteiger charge is 2.30. The normalized spacial score (nSPS) is 11.3. The van der Waals surface area contributed by atoms with E-state index in [4.69, 9.17) is 4.74 Å². The number of nitrogens with one attached hydrogen (secondary N) is 2. The summed E-state index contributed by atoms with van der Waals surface area (Å²) in [6, 6.07) is 6.77. The molecule has 0 aliphatic carbocycles. The van der Waals surface area contributed by atoms with Crippen LogP contribution in [0.15, 0.2) is 46.0 Å². The molecule has 2 rings (SSSR count). The molecule has 0 radical (unpaired) electrons. The van der Waals surface area contributed by atoms with Crippen molar-refractivity contribution in [3.05, 3.63) is 52.0 Å². The molecular weight excluding hydrogens is 447 g/mol. The number of benzene rings is 2. The minimum atomic E-state index is -4.58. The van der Waals surface area contributed by atoms with Gasteiger partial charge in [-0.2, -0.15) is 18.3 Å². The van der Waals surface area contributed by atoms with Gasteiger partial charge in [-0.1, -0.05) is 6.07 Å². The van der Waals surface area contributed by atoms with E-state index in [1.54, 1.807) is 0 Å². The minimum absolute atomic E-state index is 0.121. The Morgan fingerprint density at radius 2 is 1.93 bits per heavy atom. The molecule has 0 aliphatic heterocycles. The van der Waals surface area contributed by atoms with Crippen molar-refractivity contribution in [3.63, 3.8) is 0 Å². The van der Waals surface area contributed by atoms with Crippen LogP contribution in [-0.2, 0) is 15.8 Å². The van der Waals surface area contributed by atoms with Crippen molar-refractivity contribution in [1.82, 2.24) is 5.43 Å². The Balaban J connectivity index is 2.01. The molecule has 0 fully saturated rings. The standard InChI is InChI=1S/C17H13BrF3N3O4/c1-28-13-6-9(5-12(18)14(13)25)8-22-24-16(27)15(26)23-11-4-2-3-10(7-11)17(19,20)21/h2-8,25H,1H3,(H,23,26)(H,24,27). The maximum atomic E-state index is 12.7. The van der Waals surface area contributed by atoms with Crippen LogP contribution in [0.25, 0.3) is 0 Å². The number of methoxy groups -OCH3 is 1. The van der Waals surface area contributed by atoms with E-state index < -0.39 is 23.6 Å². The number of phenolic OH excluding ortho intramolecular Hbond substituents is 1. The van der Waals surface area contributed by atoms with Crippen molar-refractivity contribution in [2.24, 2.45) is 5.10 Å². The Kier molecular flexibility index (Phi) is 6.62. The molecule has 2 aromatic carbocycles. The van der Waals surface area contributed by atoms with Crippen LogP contribution in [0, 0.1) is 0 Å². The van der Waals surface area contributed by atoms with Crippen molar-refractivity contribution >= 4 is 39.6 Å². The average Bonchev–Trinajstić information content (AvgIpc) is 2.63. The van der Waals surface area contributed by atoms with Gasteiger partial charge in [-0.15, -0.1) is 0 Å². The molecule has 0 unspecified atom stereocenters. The molecule has 0 aliphatic rings. The molecule has 0 bridgehead atoms. The zero-order chi connectivity index (χ0) is 20.9. The first-order chi connectivity index (χ1) is 13.1. The number of alkyl halides is 3. The Bertz CT molecular complexity index is 932. The quantitative estimate of drug-likeness (QED) is 0.371. The van der Waals surface area contributed by atoms with Gasteiger partial charge in [0.1, 0.15) is 0 Å². The Morgan fingerprint density at radius 1 is 1.21 bits per heavy atom. The number of aromatic hydroxyl groups is 1. The third-order valence-corrected chi connectivity index (χ3v) is 3.91. The second-order valence-electron chi connectivity index (χ2n) is 5.29. The molecule has 0 heterocycles. The number of amides is 2. The molecule has 11 heteroatoms. The molecule has 0 saturated heterocycles. The highest BCUT2D eigenvalue weighted by Crippen LogP contribution is 2.34. The largest absolute Gasteiger partial charge is 0.503 e. The average molecular weight is 460 g/mol. The molecule has 148 valence electrons. The van der Waals surface area contributed by atoms with Crippen LogP contribution < -0.4 is 15.5 Å². The molecule has 0 aromatic heterocycles. The van der Waals surface area contributed by atoms with Crippen LogP contribution in [0.4, 0.5) is 18.9 Å². The first-order valence-electron chi connectivity index (χ1n) is 7.50. The van der Waals surface area contributed by atoms with Crippen molar-refractivity contribution in [3.8, 4) is 11.5 Å². The molecule has 0 spiro atoms. The van der Waals surface area contributed by atoms with Crippen molar-refractivity contribution in [2.45, 2.75) is 6.18 Å². The van der Waals surface area contributed by atoms with Crippen LogP contribution in [0.3, 0.4) is 0 Å². The number of rotatable bonds is 4. The summed E-state index contributed by atoms with van der Waals surface area (Å²) in [6.45, 7) is 0. The molecular formula is C17H13BrF3N3O4. The van der Waals surface area contributed by atoms with E-state index in [0.717, 1.165) is 12.1 Å². The fourth-order valence-corrected chi connectivity index (χ4v) is 2.46. The summed E-state index contributed by atoms with van der Waals surface area (Å²) in [5.41, 5.74) is 1.22. The molecule has 3 N–H and O–H groups in total. The monoisotopic (exact) mass is 459 g/mol. The highest BCUT2D eigenvalue weighted by atomic mass is 79.9. The number of hydrogen-bond acceptors (Lipinski definition) is 5. The predicted octanol–water partition coefficient (Wildman–Crippen LogP) is 3.27. The predicted molar refractivity (Wildman–Crippen MR) is 98.2 cm³/mol. The maximum Gasteiger partial charge on any atom is 0.416 e. The zero-order valence-corrected chi connectivity index (χ0v) is 15.8. The lowest BCUT2D eigenvalue weighted by atomic mass is 10.2. The lowest BCUT2D eigenvalue weighted by molar-refractivity contribution is -0.137. The fraction of sp³-hybridized carbons (Fsp3) is 0.118. The molecule has 7 nitrogen and oxygen atoms in total. The van der Waals surface area contributed by atoms with Crippen molar-refractivity contribution in [2.75, 3.05) is 12.4 Å². The first kappa shape index (κ1) is 21.2. The first-order valence-corrected chi connectivity index (χ1v) is 8.29. The van der Waals surface area contributed by atoms with E-state index in [1.165, 1.54) is 31.5 Å². The van der Waals surface area contributed by atoms with Gasteiger partial charge in [0.05, 0.1) is 23.4 Å². The third kappa shape index (κ3) is 5.46. The van der Waals surface area contributed by atoms with Gasteiger partial charge in [0.15, 0.2) is 11.5 Å². The fourth-order valence-electron chi connectivity index (χ4n) is 2.00. The van der Waals surface area contributed by atoms with E-state index in [9.17, 15) is 27.9 Å². The zero-order valence-electron chi connectivity index (χ0n) is 14.2. The summed E-state index contributed by atoms with van der Waals surface area (Å²) >= 11 is 3.12. The van der Waals surface area contributed by atoms with Gasteiger partial charge in [0.2, 0.25) is 0 Å². The second-order valence-corrected chi connectivity index (χ2v) is 6.14. The summed E-state index contributed by atoms with van der Waals surface area (Å²) in [7, 11) is 1.35. The number of hydrazone groups is 1. The number of nitrogens with zero attached hydrogens (tertiary/aromatic N) is 1. The van der Waals surface area contributed by atoms with E-state index in [1.807, 2.05) is 5.43 Å². The summed E-state index contributed by atoms with van der Waals surface area (Å²) < 4.78 is 43.3. The lowest BCUT2D eigenvalue weighted by Gasteiger charge is -2.09. The maximum absolute atomic E-state index is 12.7. The number of halogens is 4. The summed E-state index contributed by atoms with van der Waals surface area (Å²) in [6.07, 6.45) is -3.39. The molecule has 2 amide bonds. The van der Waals surface area contributed by atoms with Gasteiger partial charge in [-0.25, -0.2) is 5.43 Å². The van der Waals surface area contributed by atoms with Gasteiger partial charge in [-0.05, 0) is 51.8 Å². The number of carbonyl (C=O) groups excluding carboxylic acids is 2. The summed E-state index contributed by atoms with van der Waals surface area (Å²) in [5.74, 6) is -2.34. The molecule has 2 aromatic rings. The smallest absolute Gasteiger partial charge is 0.416 e. The van der Waals surface area contributed by atoms with Crippen LogP contribution in [0.1, 0.15) is 11.1 Å². The Labute approximate surface area is 165 Å². The van der Waals surface area contributed by atoms with Crippen LogP contribution in [0.2, 0.25) is 0 Å². The number of phenols is 1. The lowest BCUT2D eigenvalue weighted by Crippen LogP contribution is -2.32. The van der Waals surface area contributed by atoms with Gasteiger partial charge in [-0.3, -0.25) is 9.59 Å². The van der Waals surface area contributed by atoms with E-state index >= 15 is 0 Å². The van der Waals surface area contributed by atoms with Gasteiger partial charge in [0.25, 0.3) is 0 Å². The van der Waals surface area contributed by atoms with Crippen molar-refractivity contribution < 1.29 is 32.6 Å². The number of carbonyl (C=O) groups is 2. The van der Waals surface area contributed by atoms with Crippen LogP contribution in [0.5, 0.6) is 11.5 Å². The van der Waals surface area contributed by atoms with E-state index in [2.05, 4.69) is 26.3 Å². The molecule has 0 saturated carbocycles. The molecule has 28 heavy (non-hydrogen) atoms. The topological polar surface area (TPSA) is 100 Å². The highest BCUT2D eigenvalue weighted by molar-refractivity contribution is 9.10. The third-order valence-electron chi connectivity index (χ3n) is 3.30.